The van der Waals surface area contributed by atoms with Gasteiger partial charge in [-0.05, 0) is 99.9 Å². The molecule has 108 heavy (non-hydrogen) atoms. The molecule has 1 spiro atoms. The molecular weight excluding hydrogens is 1420 g/mol. The normalized spacial score (nSPS) is 24.0. The van der Waals surface area contributed by atoms with Crippen LogP contribution in [0.4, 0.5) is 10.5 Å². The SMILES string of the molecule is COc1c(C)cc2c(c1O)[C@@H]1C3[C@@H]4SC[C@]5(N[C@H](CNC(=O)OCc6ccc(NC(=O)[C@H](C)NC(=O)[C@@H](NC(=O)CCOCCOCCOCCOCCNC(=O)CCN7C(=O)C=CC7=O)C(C)C)cc6)Cc6c5[nH]c5ccccc65)C(=O)OC[C@@H](c5c6c(c(C)c(OC(C)=O)c54)OCO6)N3C3(C)CN1C2(C)C3. The molecule has 9 aliphatic heterocycles. The average molecular weight is 1510 g/mol. The van der Waals surface area contributed by atoms with Crippen LogP contribution >= 0.6 is 11.8 Å². The Kier molecular flexibility index (Phi) is 22.8. The average Bonchev–Trinajstić information content (AvgIpc) is 1.48. The maximum absolute atomic E-state index is 15.8. The smallest absolute Gasteiger partial charge is 0.407 e. The van der Waals surface area contributed by atoms with Gasteiger partial charge in [-0.3, -0.25) is 53.6 Å². The van der Waals surface area contributed by atoms with Gasteiger partial charge in [0, 0.05) is 126 Å². The van der Waals surface area contributed by atoms with E-state index in [2.05, 4.69) is 66.6 Å². The van der Waals surface area contributed by atoms with Crippen molar-refractivity contribution >= 4 is 81.8 Å². The summed E-state index contributed by atoms with van der Waals surface area (Å²) in [6.45, 7) is 17.4. The van der Waals surface area contributed by atoms with Gasteiger partial charge in [0.25, 0.3) is 11.8 Å². The van der Waals surface area contributed by atoms with E-state index < -0.39 is 106 Å². The zero-order chi connectivity index (χ0) is 76.5. The maximum atomic E-state index is 15.8. The molecule has 10 heterocycles. The zero-order valence-electron chi connectivity index (χ0n) is 62.1. The van der Waals surface area contributed by atoms with Gasteiger partial charge in [-0.25, -0.2) is 9.59 Å². The van der Waals surface area contributed by atoms with Gasteiger partial charge in [0.15, 0.2) is 28.5 Å². The van der Waals surface area contributed by atoms with Gasteiger partial charge in [0.2, 0.25) is 30.4 Å². The number of H-pyrrole nitrogens is 1. The lowest BCUT2D eigenvalue weighted by atomic mass is 9.72. The van der Waals surface area contributed by atoms with E-state index in [4.69, 9.17) is 47.4 Å². The molecular formula is C77H94N10O20S. The van der Waals surface area contributed by atoms with Crippen molar-refractivity contribution in [1.29, 1.82) is 0 Å². The minimum Gasteiger partial charge on any atom is -0.504 e. The van der Waals surface area contributed by atoms with Crippen LogP contribution in [-0.2, 0) is 90.9 Å². The molecule has 3 fully saturated rings. The van der Waals surface area contributed by atoms with Crippen LogP contribution in [-0.4, -0.2) is 213 Å². The number of carbonyl (C=O) groups is 9. The van der Waals surface area contributed by atoms with Crippen molar-refractivity contribution < 1.29 is 95.6 Å². The predicted octanol–water partition coefficient (Wildman–Crippen LogP) is 5.47. The van der Waals surface area contributed by atoms with Gasteiger partial charge in [0.05, 0.1) is 83.0 Å². The number of aromatic amines is 1. The number of anilines is 1. The number of hydrogen-bond acceptors (Lipinski definition) is 24. The highest BCUT2D eigenvalue weighted by molar-refractivity contribution is 7.99. The summed E-state index contributed by atoms with van der Waals surface area (Å²) in [5.41, 5.74) is 5.48. The van der Waals surface area contributed by atoms with Crippen LogP contribution in [0.5, 0.6) is 28.7 Å². The lowest BCUT2D eigenvalue weighted by Crippen LogP contribution is -2.67. The van der Waals surface area contributed by atoms with Crippen LogP contribution in [0, 0.1) is 19.8 Å². The fourth-order valence-corrected chi connectivity index (χ4v) is 18.6. The van der Waals surface area contributed by atoms with E-state index in [0.29, 0.717) is 91.3 Å². The third-order valence-electron chi connectivity index (χ3n) is 21.7. The van der Waals surface area contributed by atoms with Crippen molar-refractivity contribution in [1.82, 2.24) is 46.3 Å². The van der Waals surface area contributed by atoms with Crippen molar-refractivity contribution in [3.63, 3.8) is 0 Å². The number of piperazine rings is 1. The minimum absolute atomic E-state index is 0.000810. The van der Waals surface area contributed by atoms with Crippen LogP contribution in [0.25, 0.3) is 10.9 Å². The highest BCUT2D eigenvalue weighted by atomic mass is 32.2. The molecule has 1 aromatic heterocycles. The fourth-order valence-electron chi connectivity index (χ4n) is 16.9. The molecule has 31 heteroatoms. The maximum Gasteiger partial charge on any atom is 0.407 e. The van der Waals surface area contributed by atoms with Crippen LogP contribution < -0.4 is 50.8 Å². The number of alkyl carbamates (subject to hydrolysis) is 1. The lowest BCUT2D eigenvalue weighted by Gasteiger charge is -2.60. The molecule has 3 saturated heterocycles. The van der Waals surface area contributed by atoms with Crippen LogP contribution in [0.2, 0.25) is 0 Å². The molecule has 578 valence electrons. The van der Waals surface area contributed by atoms with E-state index >= 15 is 4.79 Å². The Balaban J connectivity index is 0.591. The van der Waals surface area contributed by atoms with Gasteiger partial charge in [-0.1, -0.05) is 44.2 Å². The summed E-state index contributed by atoms with van der Waals surface area (Å²) in [4.78, 5) is 128. The minimum atomic E-state index is -1.55. The molecule has 8 N–H and O–H groups in total. The molecule has 0 saturated carbocycles. The number of para-hydroxylation sites is 1. The third-order valence-corrected chi connectivity index (χ3v) is 23.2. The Morgan fingerprint density at radius 3 is 2.19 bits per heavy atom. The zero-order valence-corrected chi connectivity index (χ0v) is 62.9. The number of phenols is 1. The van der Waals surface area contributed by atoms with Crippen LogP contribution in [0.1, 0.15) is 128 Å². The number of imide groups is 1. The molecule has 0 radical (unpaired) electrons. The third kappa shape index (κ3) is 15.0. The molecule has 7 amide bonds. The van der Waals surface area contributed by atoms with Crippen LogP contribution in [0.3, 0.4) is 0 Å². The summed E-state index contributed by atoms with van der Waals surface area (Å²) in [7, 11) is 1.56. The fraction of sp³-hybridized carbons (Fsp3) is 0.519. The molecule has 9 aliphatic rings. The molecule has 30 nitrogen and oxygen atoms in total. The Morgan fingerprint density at radius 2 is 1.48 bits per heavy atom. The number of methoxy groups -OCH3 is 1. The van der Waals surface area contributed by atoms with Crippen LogP contribution in [0.15, 0.2) is 66.7 Å². The second-order valence-electron chi connectivity index (χ2n) is 29.3. The molecule has 14 rings (SSSR count). The highest BCUT2D eigenvalue weighted by Crippen LogP contribution is 2.71. The molecule has 10 atom stereocenters. The van der Waals surface area contributed by atoms with Crippen molar-refractivity contribution in [2.75, 3.05) is 111 Å². The number of aryl methyl sites for hydroxylation is 1. The Bertz CT molecular complexity index is 4360. The summed E-state index contributed by atoms with van der Waals surface area (Å²) in [5, 5.41) is 30.5. The number of rotatable bonds is 30. The standard InChI is InChI=1S/C77H94N10O20S/c1-41(2)61(83-55(90)21-24-99-26-28-101-30-31-102-29-27-100-25-22-78-54(89)20-23-85-56(91)18-19-57(85)92)72(95)80-44(5)71(94)81-47-16-14-46(15-17-47)35-104-74(97)79-34-48-33-50-49-12-10-11-13-52(49)82-70(50)77(84-48)39-108-69-60-59(68-67(105-40-106-68)43(4)66(60)107-45(6)88)53(36-103-73(77)96)87-63(69)62-58-51(32-42(3)65(98-9)64(58)93)76(8)37-75(87,7)38-86(62)76/h10-19,32,41,44,48,53,61-63,69,82,84,93H,20-31,33-40H2,1-9H3,(H,78,89)(H,79,97)(H,80,95)(H,81,94)(H,83,90)/t44-,48-,53-,61-,62+,63?,69+,75?,76?,77+/m0/s1. The van der Waals surface area contributed by atoms with Crippen molar-refractivity contribution in [2.45, 2.75) is 146 Å². The number of amides is 7. The molecule has 3 unspecified atom stereocenters. The Hall–Kier alpha value is -9.34. The monoisotopic (exact) mass is 1510 g/mol. The van der Waals surface area contributed by atoms with E-state index in [1.807, 2.05) is 38.1 Å². The van der Waals surface area contributed by atoms with Crippen molar-refractivity contribution in [3.8, 4) is 28.7 Å². The predicted molar refractivity (Wildman–Crippen MR) is 392 cm³/mol. The van der Waals surface area contributed by atoms with Gasteiger partial charge >= 0.3 is 18.0 Å². The molecule has 0 aliphatic carbocycles. The number of ether oxygens (including phenoxy) is 10. The second kappa shape index (κ2) is 32.1. The summed E-state index contributed by atoms with van der Waals surface area (Å²) < 4.78 is 59.5. The van der Waals surface area contributed by atoms with E-state index in [1.165, 1.54) is 37.8 Å². The second-order valence-corrected chi connectivity index (χ2v) is 30.5. The lowest BCUT2D eigenvalue weighted by molar-refractivity contribution is -0.158. The van der Waals surface area contributed by atoms with Gasteiger partial charge in [-0.15, -0.1) is 11.8 Å². The summed E-state index contributed by atoms with van der Waals surface area (Å²) in [6.07, 6.45) is 2.70. The first kappa shape index (κ1) is 76.8. The number of phenolic OH excluding ortho intramolecular Hbond substituents is 1. The number of carbonyl (C=O) groups excluding carboxylic acids is 9. The summed E-state index contributed by atoms with van der Waals surface area (Å²) in [6, 6.07) is 12.7. The van der Waals surface area contributed by atoms with E-state index in [9.17, 15) is 43.5 Å². The van der Waals surface area contributed by atoms with Gasteiger partial charge in [-0.2, -0.15) is 0 Å². The number of thioether (sulfide) groups is 1. The first-order valence-corrected chi connectivity index (χ1v) is 37.7. The number of esters is 2. The summed E-state index contributed by atoms with van der Waals surface area (Å²) >= 11 is 1.54. The van der Waals surface area contributed by atoms with E-state index in [0.717, 1.165) is 49.2 Å². The highest BCUT2D eigenvalue weighted by Gasteiger charge is 2.71. The van der Waals surface area contributed by atoms with Crippen molar-refractivity contribution in [3.05, 3.63) is 117 Å². The quantitative estimate of drug-likeness (QED) is 0.0122. The topological polar surface area (TPSA) is 364 Å². The number of aromatic hydroxyl groups is 1. The first-order valence-electron chi connectivity index (χ1n) is 36.6. The van der Waals surface area contributed by atoms with E-state index in [1.54, 1.807) is 45.2 Å². The molecule has 4 bridgehead atoms. The van der Waals surface area contributed by atoms with Gasteiger partial charge < -0.3 is 84.0 Å². The number of benzene rings is 4. The molecule has 5 aromatic rings. The van der Waals surface area contributed by atoms with Gasteiger partial charge in [0.1, 0.15) is 31.0 Å². The number of nitrogens with zero attached hydrogens (tertiary/aromatic N) is 3. The largest absolute Gasteiger partial charge is 0.504 e. The number of fused-ring (bicyclic) bond motifs is 11. The van der Waals surface area contributed by atoms with Crippen molar-refractivity contribution in [2.24, 2.45) is 5.92 Å². The number of hydrogen-bond donors (Lipinski definition) is 8. The first-order chi connectivity index (χ1) is 51.8. The Labute approximate surface area is 628 Å². The number of aromatic nitrogens is 1. The molecule has 4 aromatic carbocycles. The number of nitrogens with one attached hydrogen (secondary N) is 7. The Morgan fingerprint density at radius 1 is 0.787 bits per heavy atom. The summed E-state index contributed by atoms with van der Waals surface area (Å²) in [5.74, 6) is -2.11. The van der Waals surface area contributed by atoms with E-state index in [-0.39, 0.29) is 102 Å².